The van der Waals surface area contributed by atoms with E-state index < -0.39 is 30.0 Å². The van der Waals surface area contributed by atoms with Crippen LogP contribution >= 0.6 is 0 Å². The quantitative estimate of drug-likeness (QED) is 0.356. The van der Waals surface area contributed by atoms with Crippen LogP contribution in [-0.2, 0) is 14.4 Å². The summed E-state index contributed by atoms with van der Waals surface area (Å²) < 4.78 is 0. The molecule has 0 heterocycles. The molecule has 0 aliphatic rings. The molecule has 0 aromatic heterocycles. The normalized spacial score (nSPS) is 12.2. The Morgan fingerprint density at radius 1 is 0.947 bits per heavy atom. The first-order valence-corrected chi connectivity index (χ1v) is 5.35. The third kappa shape index (κ3) is 22.0. The SMILES string of the molecule is CC(C)[C@H](N)C(=O)O.C[C@H](N)C(=O)O.NCC(=O)O. The summed E-state index contributed by atoms with van der Waals surface area (Å²) in [6.07, 6.45) is 0. The monoisotopic (exact) mass is 281 g/mol. The Kier molecular flexibility index (Phi) is 15.1. The molecule has 2 atom stereocenters. The van der Waals surface area contributed by atoms with Gasteiger partial charge >= 0.3 is 17.9 Å². The highest BCUT2D eigenvalue weighted by molar-refractivity contribution is 5.73. The van der Waals surface area contributed by atoms with Gasteiger partial charge in [-0.2, -0.15) is 0 Å². The average Bonchev–Trinajstić information content (AvgIpc) is 2.28. The van der Waals surface area contributed by atoms with E-state index in [9.17, 15) is 14.4 Å². The molecule has 0 aromatic rings. The lowest BCUT2D eigenvalue weighted by molar-refractivity contribution is -0.140. The Hall–Kier alpha value is -1.71. The lowest BCUT2D eigenvalue weighted by Gasteiger charge is -2.07. The van der Waals surface area contributed by atoms with Crippen molar-refractivity contribution in [1.82, 2.24) is 0 Å². The number of carbonyl (C=O) groups is 3. The average molecular weight is 281 g/mol. The minimum Gasteiger partial charge on any atom is -0.480 e. The van der Waals surface area contributed by atoms with Crippen LogP contribution in [-0.4, -0.2) is 51.9 Å². The first kappa shape index (κ1) is 22.5. The van der Waals surface area contributed by atoms with Gasteiger partial charge in [0, 0.05) is 0 Å². The van der Waals surface area contributed by atoms with Gasteiger partial charge in [-0.1, -0.05) is 13.8 Å². The van der Waals surface area contributed by atoms with Crippen LogP contribution < -0.4 is 17.2 Å². The minimum atomic E-state index is -0.968. The molecule has 9 N–H and O–H groups in total. The molecule has 0 spiro atoms. The van der Waals surface area contributed by atoms with Crippen molar-refractivity contribution in [3.8, 4) is 0 Å². The summed E-state index contributed by atoms with van der Waals surface area (Å²) in [7, 11) is 0. The lowest BCUT2D eigenvalue weighted by atomic mass is 10.1. The molecule has 0 fully saturated rings. The van der Waals surface area contributed by atoms with Crippen LogP contribution in [0.5, 0.6) is 0 Å². The van der Waals surface area contributed by atoms with E-state index in [2.05, 4.69) is 5.73 Å². The third-order valence-electron chi connectivity index (χ3n) is 1.57. The van der Waals surface area contributed by atoms with Crippen molar-refractivity contribution in [3.05, 3.63) is 0 Å². The second-order valence-corrected chi connectivity index (χ2v) is 3.83. The Balaban J connectivity index is -0.000000209. The number of nitrogens with two attached hydrogens (primary N) is 3. The van der Waals surface area contributed by atoms with Gasteiger partial charge in [0.1, 0.15) is 12.1 Å². The van der Waals surface area contributed by atoms with Crippen molar-refractivity contribution in [3.63, 3.8) is 0 Å². The molecule has 0 rings (SSSR count). The molecule has 0 bridgehead atoms. The van der Waals surface area contributed by atoms with Crippen LogP contribution in [0.4, 0.5) is 0 Å². The first-order chi connectivity index (χ1) is 8.47. The standard InChI is InChI=1S/C5H11NO2.C3H7NO2.C2H5NO2/c1-3(2)4(6)5(7)8;1-2(4)3(5)6;3-1-2(4)5/h3-4H,6H2,1-2H3,(H,7,8);2H,4H2,1H3,(H,5,6);1,3H2,(H,4,5)/t4-;2-;/m00./s1. The summed E-state index contributed by atoms with van der Waals surface area (Å²) in [6.45, 7) is 4.69. The topological polar surface area (TPSA) is 190 Å². The molecule has 0 saturated heterocycles. The van der Waals surface area contributed by atoms with Crippen molar-refractivity contribution >= 4 is 17.9 Å². The smallest absolute Gasteiger partial charge is 0.320 e. The number of hydrogen-bond acceptors (Lipinski definition) is 6. The highest BCUT2D eigenvalue weighted by Gasteiger charge is 2.14. The maximum absolute atomic E-state index is 10.0. The summed E-state index contributed by atoms with van der Waals surface area (Å²) in [4.78, 5) is 28.8. The van der Waals surface area contributed by atoms with Crippen molar-refractivity contribution in [1.29, 1.82) is 0 Å². The van der Waals surface area contributed by atoms with Gasteiger partial charge in [0.15, 0.2) is 0 Å². The van der Waals surface area contributed by atoms with Crippen LogP contribution in [0.15, 0.2) is 0 Å². The van der Waals surface area contributed by atoms with E-state index in [1.807, 2.05) is 0 Å². The van der Waals surface area contributed by atoms with Gasteiger partial charge in [-0.15, -0.1) is 0 Å². The van der Waals surface area contributed by atoms with Crippen molar-refractivity contribution in [2.45, 2.75) is 32.9 Å². The molecule has 9 heteroatoms. The maximum Gasteiger partial charge on any atom is 0.320 e. The first-order valence-electron chi connectivity index (χ1n) is 5.35. The summed E-state index contributed by atoms with van der Waals surface area (Å²) >= 11 is 0. The number of aliphatic carboxylic acids is 3. The van der Waals surface area contributed by atoms with E-state index in [-0.39, 0.29) is 12.5 Å². The zero-order valence-corrected chi connectivity index (χ0v) is 11.2. The number of hydrogen-bond donors (Lipinski definition) is 6. The molecule has 0 aliphatic carbocycles. The van der Waals surface area contributed by atoms with Crippen LogP contribution in [0.25, 0.3) is 0 Å². The van der Waals surface area contributed by atoms with E-state index in [1.165, 1.54) is 6.92 Å². The Morgan fingerprint density at radius 3 is 1.21 bits per heavy atom. The van der Waals surface area contributed by atoms with Crippen molar-refractivity contribution < 1.29 is 29.7 Å². The number of carboxylic acid groups (broad SMARTS) is 3. The highest BCUT2D eigenvalue weighted by atomic mass is 16.4. The third-order valence-corrected chi connectivity index (χ3v) is 1.57. The van der Waals surface area contributed by atoms with Gasteiger partial charge in [0.25, 0.3) is 0 Å². The molecule has 0 amide bonds. The largest absolute Gasteiger partial charge is 0.480 e. The van der Waals surface area contributed by atoms with Crippen molar-refractivity contribution in [2.24, 2.45) is 23.1 Å². The van der Waals surface area contributed by atoms with Crippen LogP contribution in [0.2, 0.25) is 0 Å². The van der Waals surface area contributed by atoms with Crippen molar-refractivity contribution in [2.75, 3.05) is 6.54 Å². The minimum absolute atomic E-state index is 0.0208. The second-order valence-electron chi connectivity index (χ2n) is 3.83. The second kappa shape index (κ2) is 12.7. The molecule has 114 valence electrons. The summed E-state index contributed by atoms with van der Waals surface area (Å²) in [5.74, 6) is -2.84. The van der Waals surface area contributed by atoms with Gasteiger partial charge in [0.2, 0.25) is 0 Å². The van der Waals surface area contributed by atoms with Gasteiger partial charge in [-0.05, 0) is 12.8 Å². The van der Waals surface area contributed by atoms with Crippen LogP contribution in [0.1, 0.15) is 20.8 Å². The van der Waals surface area contributed by atoms with Crippen LogP contribution in [0, 0.1) is 5.92 Å². The molecule has 0 aliphatic heterocycles. The molecule has 0 radical (unpaired) electrons. The zero-order chi connectivity index (χ0) is 16.2. The fourth-order valence-electron chi connectivity index (χ4n) is 0.285. The van der Waals surface area contributed by atoms with E-state index >= 15 is 0 Å². The van der Waals surface area contributed by atoms with Gasteiger partial charge in [0.05, 0.1) is 6.54 Å². The zero-order valence-electron chi connectivity index (χ0n) is 11.2. The molecule has 0 aromatic carbocycles. The van der Waals surface area contributed by atoms with E-state index in [0.717, 1.165) is 0 Å². The van der Waals surface area contributed by atoms with E-state index in [1.54, 1.807) is 13.8 Å². The van der Waals surface area contributed by atoms with Crippen LogP contribution in [0.3, 0.4) is 0 Å². The molecule has 0 saturated carbocycles. The molecule has 9 nitrogen and oxygen atoms in total. The molecule has 19 heavy (non-hydrogen) atoms. The fourth-order valence-corrected chi connectivity index (χ4v) is 0.285. The number of carboxylic acids is 3. The molecular weight excluding hydrogens is 258 g/mol. The Morgan fingerprint density at radius 2 is 1.21 bits per heavy atom. The molecule has 0 unspecified atom stereocenters. The van der Waals surface area contributed by atoms with Gasteiger partial charge < -0.3 is 32.5 Å². The maximum atomic E-state index is 10.0. The summed E-state index contributed by atoms with van der Waals surface area (Å²) in [5, 5.41) is 23.7. The lowest BCUT2D eigenvalue weighted by Crippen LogP contribution is -2.34. The Bertz CT molecular complexity index is 280. The Labute approximate surface area is 111 Å². The molecular formula is C10H23N3O6. The summed E-state index contributed by atoms with van der Waals surface area (Å²) in [6, 6.07) is -1.44. The number of rotatable bonds is 4. The predicted molar refractivity (Wildman–Crippen MR) is 68.4 cm³/mol. The summed E-state index contributed by atoms with van der Waals surface area (Å²) in [5.41, 5.74) is 14.6. The predicted octanol–water partition coefficient (Wildman–Crippen LogP) is -1.50. The van der Waals surface area contributed by atoms with E-state index in [0.29, 0.717) is 0 Å². The van der Waals surface area contributed by atoms with E-state index in [4.69, 9.17) is 26.8 Å². The van der Waals surface area contributed by atoms with Gasteiger partial charge in [-0.3, -0.25) is 14.4 Å². The fraction of sp³-hybridized carbons (Fsp3) is 0.700. The highest BCUT2D eigenvalue weighted by Crippen LogP contribution is 1.96. The van der Waals surface area contributed by atoms with Gasteiger partial charge in [-0.25, -0.2) is 0 Å².